The molecule has 2 aromatic carbocycles. The summed E-state index contributed by atoms with van der Waals surface area (Å²) in [6.07, 6.45) is 0.516. The number of aliphatic hydroxyl groups is 1. The van der Waals surface area contributed by atoms with E-state index in [1.807, 2.05) is 44.2 Å². The Bertz CT molecular complexity index is 1280. The first kappa shape index (κ1) is 30.9. The van der Waals surface area contributed by atoms with Crippen molar-refractivity contribution in [3.05, 3.63) is 60.2 Å². The van der Waals surface area contributed by atoms with Crippen LogP contribution in [0.15, 0.2) is 59.5 Å². The van der Waals surface area contributed by atoms with Gasteiger partial charge in [0.1, 0.15) is 11.9 Å². The van der Waals surface area contributed by atoms with Gasteiger partial charge in [0.15, 0.2) is 6.29 Å². The maximum Gasteiger partial charge on any atom is 0.306 e. The Morgan fingerprint density at radius 2 is 1.81 bits per heavy atom. The number of hydrogen-bond donors (Lipinski definition) is 1. The standard InChI is InChI=1S/C32H43NO8S/c1-21(2)18-33(42(36,37)26-11-9-25(38-3)10-12-26)19-28(34)23(15-22-7-5-4-6-8-22)17-30(35)41-29-16-24-20-40-32-31(24)27(29)13-14-39-32/h4-12,21,23-24,27-29,31-32,34H,13-20H2,1-3H3/t23?,24?,27?,28-,29+,31-,32-/m1/s1. The lowest BCUT2D eigenvalue weighted by molar-refractivity contribution is -0.182. The second-order valence-corrected chi connectivity index (χ2v) is 14.2. The van der Waals surface area contributed by atoms with E-state index in [0.29, 0.717) is 31.3 Å². The van der Waals surface area contributed by atoms with Crippen LogP contribution in [0.4, 0.5) is 0 Å². The Balaban J connectivity index is 1.31. The van der Waals surface area contributed by atoms with Crippen LogP contribution in [0.3, 0.4) is 0 Å². The predicted molar refractivity (Wildman–Crippen MR) is 156 cm³/mol. The number of aliphatic hydroxyl groups excluding tert-OH is 1. The summed E-state index contributed by atoms with van der Waals surface area (Å²) in [5.74, 6) is 0.488. The van der Waals surface area contributed by atoms with Crippen molar-refractivity contribution < 1.29 is 37.3 Å². The van der Waals surface area contributed by atoms with E-state index in [2.05, 4.69) is 0 Å². The quantitative estimate of drug-likeness (QED) is 0.344. The fourth-order valence-corrected chi connectivity index (χ4v) is 8.40. The van der Waals surface area contributed by atoms with Crippen LogP contribution in [-0.2, 0) is 35.4 Å². The molecule has 230 valence electrons. The lowest BCUT2D eigenvalue weighted by Crippen LogP contribution is -2.43. The molecule has 0 spiro atoms. The van der Waals surface area contributed by atoms with Crippen LogP contribution in [-0.4, -0.2) is 75.7 Å². The van der Waals surface area contributed by atoms with E-state index >= 15 is 0 Å². The molecule has 42 heavy (non-hydrogen) atoms. The van der Waals surface area contributed by atoms with Gasteiger partial charge in [-0.2, -0.15) is 4.31 Å². The molecule has 2 saturated heterocycles. The van der Waals surface area contributed by atoms with Gasteiger partial charge in [-0.05, 0) is 60.9 Å². The number of benzene rings is 2. The van der Waals surface area contributed by atoms with Gasteiger partial charge in [-0.1, -0.05) is 44.2 Å². The number of hydrogen-bond acceptors (Lipinski definition) is 8. The van der Waals surface area contributed by atoms with Crippen LogP contribution in [0, 0.1) is 29.6 Å². The smallest absolute Gasteiger partial charge is 0.306 e. The van der Waals surface area contributed by atoms with E-state index in [-0.39, 0.29) is 60.5 Å². The van der Waals surface area contributed by atoms with Gasteiger partial charge in [-0.15, -0.1) is 0 Å². The number of methoxy groups -OCH3 is 1. The molecule has 7 atom stereocenters. The first-order valence-corrected chi connectivity index (χ1v) is 16.4. The van der Waals surface area contributed by atoms with Gasteiger partial charge in [0.25, 0.3) is 0 Å². The largest absolute Gasteiger partial charge is 0.497 e. The summed E-state index contributed by atoms with van der Waals surface area (Å²) in [6, 6.07) is 15.9. The normalized spacial score (nSPS) is 26.7. The van der Waals surface area contributed by atoms with E-state index < -0.39 is 22.0 Å². The molecule has 9 nitrogen and oxygen atoms in total. The molecule has 2 aromatic rings. The summed E-state index contributed by atoms with van der Waals surface area (Å²) >= 11 is 0. The first-order chi connectivity index (χ1) is 20.2. The molecule has 0 amide bonds. The van der Waals surface area contributed by atoms with Crippen molar-refractivity contribution in [2.24, 2.45) is 29.6 Å². The molecule has 1 aliphatic carbocycles. The Hall–Kier alpha value is -2.50. The minimum absolute atomic E-state index is 0.0108. The topological polar surface area (TPSA) is 112 Å². The molecular formula is C32H43NO8S. The molecule has 3 aliphatic rings. The van der Waals surface area contributed by atoms with Gasteiger partial charge in [0.2, 0.25) is 10.0 Å². The number of ether oxygens (including phenoxy) is 4. The van der Waals surface area contributed by atoms with Crippen LogP contribution >= 0.6 is 0 Å². The van der Waals surface area contributed by atoms with E-state index in [1.54, 1.807) is 12.1 Å². The molecule has 2 heterocycles. The summed E-state index contributed by atoms with van der Waals surface area (Å²) in [5.41, 5.74) is 0.961. The van der Waals surface area contributed by atoms with Gasteiger partial charge < -0.3 is 24.1 Å². The summed E-state index contributed by atoms with van der Waals surface area (Å²) in [5, 5.41) is 11.6. The van der Waals surface area contributed by atoms with Gasteiger partial charge in [-0.3, -0.25) is 4.79 Å². The third-order valence-corrected chi connectivity index (χ3v) is 10.7. The number of carbonyl (C=O) groups excluding carboxylic acids is 1. The van der Waals surface area contributed by atoms with Gasteiger partial charge in [0, 0.05) is 30.8 Å². The minimum atomic E-state index is -3.91. The molecule has 3 unspecified atom stereocenters. The summed E-state index contributed by atoms with van der Waals surface area (Å²) in [4.78, 5) is 13.5. The van der Waals surface area contributed by atoms with Gasteiger partial charge >= 0.3 is 5.97 Å². The molecule has 1 N–H and O–H groups in total. The number of sulfonamides is 1. The lowest BCUT2D eigenvalue weighted by Gasteiger charge is -2.33. The summed E-state index contributed by atoms with van der Waals surface area (Å²) in [6.45, 7) is 5.19. The highest BCUT2D eigenvalue weighted by atomic mass is 32.2. The van der Waals surface area contributed by atoms with E-state index in [1.165, 1.54) is 23.5 Å². The molecule has 0 bridgehead atoms. The Kier molecular flexibility index (Phi) is 9.89. The summed E-state index contributed by atoms with van der Waals surface area (Å²) < 4.78 is 51.5. The maximum absolute atomic E-state index is 13.7. The average molecular weight is 602 g/mol. The van der Waals surface area contributed by atoms with Gasteiger partial charge in [0.05, 0.1) is 37.7 Å². The molecule has 2 aliphatic heterocycles. The number of esters is 1. The van der Waals surface area contributed by atoms with Crippen molar-refractivity contribution in [1.29, 1.82) is 0 Å². The van der Waals surface area contributed by atoms with Gasteiger partial charge in [-0.25, -0.2) is 8.42 Å². The highest BCUT2D eigenvalue weighted by molar-refractivity contribution is 7.89. The van der Waals surface area contributed by atoms with Crippen LogP contribution in [0.5, 0.6) is 5.75 Å². The van der Waals surface area contributed by atoms with Crippen LogP contribution in [0.1, 0.15) is 38.7 Å². The Labute approximate surface area is 249 Å². The second-order valence-electron chi connectivity index (χ2n) is 12.2. The maximum atomic E-state index is 13.7. The highest BCUT2D eigenvalue weighted by Crippen LogP contribution is 2.50. The SMILES string of the molecule is COc1ccc(S(=O)(=O)N(CC(C)C)C[C@@H](O)C(CC(=O)O[C@H]2CC3CO[C@H]4OCCC2[C@@H]34)Cc2ccccc2)cc1. The zero-order chi connectivity index (χ0) is 29.9. The molecule has 10 heteroatoms. The van der Waals surface area contributed by atoms with Crippen LogP contribution in [0.25, 0.3) is 0 Å². The first-order valence-electron chi connectivity index (χ1n) is 14.9. The van der Waals surface area contributed by atoms with Crippen molar-refractivity contribution in [2.75, 3.05) is 33.4 Å². The van der Waals surface area contributed by atoms with Crippen molar-refractivity contribution in [3.8, 4) is 5.75 Å². The molecule has 0 radical (unpaired) electrons. The summed E-state index contributed by atoms with van der Waals surface area (Å²) in [7, 11) is -2.39. The van der Waals surface area contributed by atoms with E-state index in [4.69, 9.17) is 18.9 Å². The third kappa shape index (κ3) is 7.00. The van der Waals surface area contributed by atoms with E-state index in [9.17, 15) is 18.3 Å². The zero-order valence-electron chi connectivity index (χ0n) is 24.6. The van der Waals surface area contributed by atoms with Crippen LogP contribution in [0.2, 0.25) is 0 Å². The van der Waals surface area contributed by atoms with Crippen molar-refractivity contribution in [3.63, 3.8) is 0 Å². The zero-order valence-corrected chi connectivity index (χ0v) is 25.4. The predicted octanol–water partition coefficient (Wildman–Crippen LogP) is 3.89. The average Bonchev–Trinajstić information content (AvgIpc) is 3.55. The fourth-order valence-electron chi connectivity index (χ4n) is 6.78. The molecule has 1 saturated carbocycles. The van der Waals surface area contributed by atoms with Crippen molar-refractivity contribution in [2.45, 2.75) is 62.9 Å². The Morgan fingerprint density at radius 3 is 2.50 bits per heavy atom. The number of nitrogens with zero attached hydrogens (tertiary/aromatic N) is 1. The number of carbonyl (C=O) groups is 1. The minimum Gasteiger partial charge on any atom is -0.497 e. The number of rotatable bonds is 13. The highest BCUT2D eigenvalue weighted by Gasteiger charge is 2.54. The van der Waals surface area contributed by atoms with Crippen LogP contribution < -0.4 is 4.74 Å². The monoisotopic (exact) mass is 601 g/mol. The van der Waals surface area contributed by atoms with Crippen molar-refractivity contribution in [1.82, 2.24) is 4.31 Å². The molecule has 0 aromatic heterocycles. The molecular weight excluding hydrogens is 558 g/mol. The molecule has 5 rings (SSSR count). The van der Waals surface area contributed by atoms with Crippen molar-refractivity contribution >= 4 is 16.0 Å². The third-order valence-electron chi connectivity index (χ3n) is 8.83. The Morgan fingerprint density at radius 1 is 1.07 bits per heavy atom. The van der Waals surface area contributed by atoms with E-state index in [0.717, 1.165) is 18.4 Å². The second kappa shape index (κ2) is 13.4. The molecule has 3 fully saturated rings. The fraction of sp³-hybridized carbons (Fsp3) is 0.594. The lowest BCUT2D eigenvalue weighted by atomic mass is 9.86.